The Morgan fingerprint density at radius 1 is 1.05 bits per heavy atom. The molecule has 0 radical (unpaired) electrons. The standard InChI is InChI=1S/C18H21NO3/c1-13-11-17(22-3)15(12-16(13)21-2)18(20)19-10-9-14-7-5-4-6-8-14/h4-8,11-12H,9-10H2,1-3H3,(H,19,20). The molecule has 22 heavy (non-hydrogen) atoms. The second kappa shape index (κ2) is 7.50. The van der Waals surface area contributed by atoms with Crippen LogP contribution in [0, 0.1) is 6.92 Å². The molecule has 0 aliphatic rings. The highest BCUT2D eigenvalue weighted by molar-refractivity contribution is 5.97. The molecule has 1 N–H and O–H groups in total. The third-order valence-corrected chi connectivity index (χ3v) is 3.50. The van der Waals surface area contributed by atoms with Gasteiger partial charge in [0.25, 0.3) is 5.91 Å². The first-order valence-electron chi connectivity index (χ1n) is 7.20. The Bertz CT molecular complexity index is 638. The molecule has 0 saturated carbocycles. The highest BCUT2D eigenvalue weighted by Gasteiger charge is 2.15. The molecule has 0 heterocycles. The molecule has 2 aromatic carbocycles. The zero-order valence-corrected chi connectivity index (χ0v) is 13.2. The first kappa shape index (κ1) is 15.9. The molecule has 0 bridgehead atoms. The van der Waals surface area contributed by atoms with Crippen LogP contribution in [0.1, 0.15) is 21.5 Å². The molecular weight excluding hydrogens is 278 g/mol. The van der Waals surface area contributed by atoms with Gasteiger partial charge in [0.05, 0.1) is 19.8 Å². The van der Waals surface area contributed by atoms with Gasteiger partial charge >= 0.3 is 0 Å². The van der Waals surface area contributed by atoms with E-state index in [2.05, 4.69) is 5.32 Å². The van der Waals surface area contributed by atoms with Crippen LogP contribution in [0.25, 0.3) is 0 Å². The first-order valence-corrected chi connectivity index (χ1v) is 7.20. The number of benzene rings is 2. The molecule has 0 atom stereocenters. The van der Waals surface area contributed by atoms with Crippen molar-refractivity contribution in [3.8, 4) is 11.5 Å². The van der Waals surface area contributed by atoms with Crippen LogP contribution >= 0.6 is 0 Å². The van der Waals surface area contributed by atoms with Gasteiger partial charge in [-0.25, -0.2) is 0 Å². The van der Waals surface area contributed by atoms with Crippen LogP contribution in [0.5, 0.6) is 11.5 Å². The topological polar surface area (TPSA) is 47.6 Å². The van der Waals surface area contributed by atoms with Gasteiger partial charge in [-0.15, -0.1) is 0 Å². The molecule has 0 aliphatic carbocycles. The van der Waals surface area contributed by atoms with Crippen LogP contribution in [0.2, 0.25) is 0 Å². The van der Waals surface area contributed by atoms with Crippen molar-refractivity contribution < 1.29 is 14.3 Å². The van der Waals surface area contributed by atoms with E-state index in [9.17, 15) is 4.79 Å². The van der Waals surface area contributed by atoms with E-state index in [0.717, 1.165) is 12.0 Å². The average molecular weight is 299 g/mol. The molecule has 0 spiro atoms. The maximum Gasteiger partial charge on any atom is 0.255 e. The monoisotopic (exact) mass is 299 g/mol. The number of hydrogen-bond acceptors (Lipinski definition) is 3. The van der Waals surface area contributed by atoms with Gasteiger partial charge in [0.2, 0.25) is 0 Å². The van der Waals surface area contributed by atoms with Crippen LogP contribution in [0.4, 0.5) is 0 Å². The van der Waals surface area contributed by atoms with E-state index in [-0.39, 0.29) is 5.91 Å². The van der Waals surface area contributed by atoms with Crippen molar-refractivity contribution in [3.05, 3.63) is 59.2 Å². The third-order valence-electron chi connectivity index (χ3n) is 3.50. The summed E-state index contributed by atoms with van der Waals surface area (Å²) in [7, 11) is 3.15. The number of amides is 1. The molecule has 0 aliphatic heterocycles. The van der Waals surface area contributed by atoms with Crippen molar-refractivity contribution in [2.24, 2.45) is 0 Å². The number of methoxy groups -OCH3 is 2. The number of aryl methyl sites for hydroxylation is 1. The second-order valence-electron chi connectivity index (χ2n) is 5.01. The maximum absolute atomic E-state index is 12.3. The molecule has 4 heteroatoms. The van der Waals surface area contributed by atoms with E-state index < -0.39 is 0 Å². The van der Waals surface area contributed by atoms with Gasteiger partial charge in [-0.2, -0.15) is 0 Å². The average Bonchev–Trinajstić information content (AvgIpc) is 2.55. The third kappa shape index (κ3) is 3.79. The Balaban J connectivity index is 2.05. The van der Waals surface area contributed by atoms with Gasteiger partial charge in [-0.3, -0.25) is 4.79 Å². The Kier molecular flexibility index (Phi) is 5.42. The molecular formula is C18H21NO3. The Morgan fingerprint density at radius 3 is 2.36 bits per heavy atom. The van der Waals surface area contributed by atoms with E-state index in [4.69, 9.17) is 9.47 Å². The highest BCUT2D eigenvalue weighted by Crippen LogP contribution is 2.28. The van der Waals surface area contributed by atoms with Gasteiger partial charge < -0.3 is 14.8 Å². The number of hydrogen-bond donors (Lipinski definition) is 1. The Labute approximate surface area is 131 Å². The Morgan fingerprint density at radius 2 is 1.73 bits per heavy atom. The smallest absolute Gasteiger partial charge is 0.255 e. The Hall–Kier alpha value is -2.49. The van der Waals surface area contributed by atoms with Crippen LogP contribution in [0.15, 0.2) is 42.5 Å². The first-order chi connectivity index (χ1) is 10.7. The van der Waals surface area contributed by atoms with Crippen LogP contribution in [0.3, 0.4) is 0 Å². The van der Waals surface area contributed by atoms with Gasteiger partial charge in [0.1, 0.15) is 11.5 Å². The highest BCUT2D eigenvalue weighted by atomic mass is 16.5. The molecule has 2 aromatic rings. The fourth-order valence-electron chi connectivity index (χ4n) is 2.29. The number of carbonyl (C=O) groups is 1. The number of ether oxygens (including phenoxy) is 2. The molecule has 116 valence electrons. The predicted molar refractivity (Wildman–Crippen MR) is 86.8 cm³/mol. The summed E-state index contributed by atoms with van der Waals surface area (Å²) in [4.78, 5) is 12.3. The van der Waals surface area contributed by atoms with Gasteiger partial charge in [0, 0.05) is 6.54 Å². The minimum absolute atomic E-state index is 0.161. The van der Waals surface area contributed by atoms with Crippen molar-refractivity contribution in [2.45, 2.75) is 13.3 Å². The quantitative estimate of drug-likeness (QED) is 0.892. The van der Waals surface area contributed by atoms with Crippen molar-refractivity contribution in [1.82, 2.24) is 5.32 Å². The molecule has 0 saturated heterocycles. The van der Waals surface area contributed by atoms with Gasteiger partial charge in [-0.05, 0) is 36.6 Å². The summed E-state index contributed by atoms with van der Waals surface area (Å²) in [5.41, 5.74) is 2.61. The van der Waals surface area contributed by atoms with Crippen molar-refractivity contribution in [3.63, 3.8) is 0 Å². The summed E-state index contributed by atoms with van der Waals surface area (Å²) in [5.74, 6) is 1.07. The fourth-order valence-corrected chi connectivity index (χ4v) is 2.29. The lowest BCUT2D eigenvalue weighted by Gasteiger charge is -2.13. The SMILES string of the molecule is COc1cc(C(=O)NCCc2ccccc2)c(OC)cc1C. The zero-order chi connectivity index (χ0) is 15.9. The number of nitrogens with one attached hydrogen (secondary N) is 1. The molecule has 1 amide bonds. The van der Waals surface area contributed by atoms with Crippen LogP contribution in [-0.2, 0) is 6.42 Å². The summed E-state index contributed by atoms with van der Waals surface area (Å²) in [6, 6.07) is 13.6. The van der Waals surface area contributed by atoms with Crippen molar-refractivity contribution in [1.29, 1.82) is 0 Å². The molecule has 0 aromatic heterocycles. The summed E-state index contributed by atoms with van der Waals surface area (Å²) >= 11 is 0. The lowest BCUT2D eigenvalue weighted by Crippen LogP contribution is -2.26. The summed E-state index contributed by atoms with van der Waals surface area (Å²) in [5, 5.41) is 2.92. The van der Waals surface area contributed by atoms with Crippen molar-refractivity contribution >= 4 is 5.91 Å². The summed E-state index contributed by atoms with van der Waals surface area (Å²) < 4.78 is 10.6. The van der Waals surface area contributed by atoms with Crippen LogP contribution < -0.4 is 14.8 Å². The summed E-state index contributed by atoms with van der Waals surface area (Å²) in [6.07, 6.45) is 0.790. The minimum Gasteiger partial charge on any atom is -0.496 e. The van der Waals surface area contributed by atoms with E-state index in [1.165, 1.54) is 5.56 Å². The minimum atomic E-state index is -0.161. The van der Waals surface area contributed by atoms with E-state index >= 15 is 0 Å². The van der Waals surface area contributed by atoms with E-state index in [1.807, 2.05) is 43.3 Å². The molecule has 4 nitrogen and oxygen atoms in total. The molecule has 0 fully saturated rings. The fraction of sp³-hybridized carbons (Fsp3) is 0.278. The second-order valence-corrected chi connectivity index (χ2v) is 5.01. The van der Waals surface area contributed by atoms with Crippen LogP contribution in [-0.4, -0.2) is 26.7 Å². The lowest BCUT2D eigenvalue weighted by atomic mass is 10.1. The number of rotatable bonds is 6. The maximum atomic E-state index is 12.3. The van der Waals surface area contributed by atoms with E-state index in [1.54, 1.807) is 20.3 Å². The lowest BCUT2D eigenvalue weighted by molar-refractivity contribution is 0.0950. The number of carbonyl (C=O) groups excluding carboxylic acids is 1. The van der Waals surface area contributed by atoms with Crippen molar-refractivity contribution in [2.75, 3.05) is 20.8 Å². The zero-order valence-electron chi connectivity index (χ0n) is 13.2. The summed E-state index contributed by atoms with van der Waals surface area (Å²) in [6.45, 7) is 2.49. The normalized spacial score (nSPS) is 10.1. The largest absolute Gasteiger partial charge is 0.496 e. The van der Waals surface area contributed by atoms with E-state index in [0.29, 0.717) is 23.6 Å². The molecule has 2 rings (SSSR count). The predicted octanol–water partition coefficient (Wildman–Crippen LogP) is 2.98. The van der Waals surface area contributed by atoms with Gasteiger partial charge in [-0.1, -0.05) is 30.3 Å². The van der Waals surface area contributed by atoms with Gasteiger partial charge in [0.15, 0.2) is 0 Å². The molecule has 0 unspecified atom stereocenters.